The van der Waals surface area contributed by atoms with Crippen molar-refractivity contribution in [3.63, 3.8) is 0 Å². The van der Waals surface area contributed by atoms with Gasteiger partial charge in [-0.2, -0.15) is 0 Å². The van der Waals surface area contributed by atoms with Crippen molar-refractivity contribution in [2.45, 2.75) is 45.3 Å². The zero-order valence-corrected chi connectivity index (χ0v) is 12.0. The summed E-state index contributed by atoms with van der Waals surface area (Å²) in [4.78, 5) is 2.13. The predicted molar refractivity (Wildman–Crippen MR) is 76.9 cm³/mol. The molecule has 0 aromatic heterocycles. The van der Waals surface area contributed by atoms with Crippen molar-refractivity contribution in [3.8, 4) is 0 Å². The highest BCUT2D eigenvalue weighted by atomic mass is 16.3. The maximum absolute atomic E-state index is 11.1. The third-order valence-corrected chi connectivity index (χ3v) is 4.15. The fraction of sp³-hybridized carbons (Fsp3) is 0.625. The van der Waals surface area contributed by atoms with E-state index in [0.717, 1.165) is 37.1 Å². The van der Waals surface area contributed by atoms with Gasteiger partial charge in [0.05, 0.1) is 0 Å². The number of piperidine rings is 1. The first kappa shape index (κ1) is 14.5. The summed E-state index contributed by atoms with van der Waals surface area (Å²) in [5.41, 5.74) is 2.22. The van der Waals surface area contributed by atoms with Crippen LogP contribution in [0.3, 0.4) is 0 Å². The second-order valence-electron chi connectivity index (χ2n) is 5.66. The SMILES string of the molecule is Cc1ccc(C(O)(CCO)N2CCCCC2)c(C)c1. The molecule has 1 heterocycles. The molecule has 0 bridgehead atoms. The standard InChI is InChI=1S/C16H25NO2/c1-13-6-7-15(14(2)12-13)16(19,8-11-18)17-9-4-3-5-10-17/h6-7,12,18-19H,3-5,8-11H2,1-2H3. The van der Waals surface area contributed by atoms with E-state index < -0.39 is 5.72 Å². The fourth-order valence-corrected chi connectivity index (χ4v) is 3.15. The second-order valence-corrected chi connectivity index (χ2v) is 5.66. The van der Waals surface area contributed by atoms with Crippen LogP contribution in [0.5, 0.6) is 0 Å². The van der Waals surface area contributed by atoms with Gasteiger partial charge in [-0.25, -0.2) is 0 Å². The quantitative estimate of drug-likeness (QED) is 0.876. The van der Waals surface area contributed by atoms with E-state index in [2.05, 4.69) is 17.9 Å². The van der Waals surface area contributed by atoms with Gasteiger partial charge in [-0.15, -0.1) is 0 Å². The summed E-state index contributed by atoms with van der Waals surface area (Å²) in [5.74, 6) is 0. The maximum Gasteiger partial charge on any atom is 0.147 e. The van der Waals surface area contributed by atoms with Crippen molar-refractivity contribution >= 4 is 0 Å². The average Bonchev–Trinajstić information content (AvgIpc) is 2.39. The molecular formula is C16H25NO2. The van der Waals surface area contributed by atoms with Crippen molar-refractivity contribution in [1.82, 2.24) is 4.90 Å². The lowest BCUT2D eigenvalue weighted by atomic mass is 9.91. The Bertz CT molecular complexity index is 427. The van der Waals surface area contributed by atoms with Crippen LogP contribution in [-0.2, 0) is 5.72 Å². The number of benzene rings is 1. The summed E-state index contributed by atoms with van der Waals surface area (Å²) in [6, 6.07) is 6.14. The number of hydrogen-bond acceptors (Lipinski definition) is 3. The summed E-state index contributed by atoms with van der Waals surface area (Å²) in [7, 11) is 0. The largest absolute Gasteiger partial charge is 0.396 e. The molecule has 0 spiro atoms. The number of aliphatic hydroxyl groups is 2. The topological polar surface area (TPSA) is 43.7 Å². The van der Waals surface area contributed by atoms with Crippen LogP contribution in [-0.4, -0.2) is 34.8 Å². The molecule has 2 rings (SSSR count). The number of aliphatic hydroxyl groups excluding tert-OH is 1. The van der Waals surface area contributed by atoms with Gasteiger partial charge >= 0.3 is 0 Å². The molecule has 3 heteroatoms. The van der Waals surface area contributed by atoms with Gasteiger partial charge in [0.1, 0.15) is 5.72 Å². The van der Waals surface area contributed by atoms with Gasteiger partial charge in [-0.3, -0.25) is 4.90 Å². The summed E-state index contributed by atoms with van der Waals surface area (Å²) >= 11 is 0. The molecule has 1 aliphatic heterocycles. The van der Waals surface area contributed by atoms with Crippen molar-refractivity contribution < 1.29 is 10.2 Å². The van der Waals surface area contributed by atoms with Crippen molar-refractivity contribution in [2.24, 2.45) is 0 Å². The molecule has 19 heavy (non-hydrogen) atoms. The fourth-order valence-electron chi connectivity index (χ4n) is 3.15. The zero-order valence-electron chi connectivity index (χ0n) is 12.0. The summed E-state index contributed by atoms with van der Waals surface area (Å²) in [6.45, 7) is 5.91. The first-order valence-corrected chi connectivity index (χ1v) is 7.24. The Hall–Kier alpha value is -0.900. The Balaban J connectivity index is 2.36. The van der Waals surface area contributed by atoms with E-state index in [1.807, 2.05) is 19.1 Å². The molecule has 1 atom stereocenters. The molecule has 1 aromatic carbocycles. The first-order chi connectivity index (χ1) is 9.08. The molecule has 2 N–H and O–H groups in total. The molecule has 1 fully saturated rings. The lowest BCUT2D eigenvalue weighted by Gasteiger charge is -2.42. The first-order valence-electron chi connectivity index (χ1n) is 7.24. The van der Waals surface area contributed by atoms with Crippen LogP contribution < -0.4 is 0 Å². The van der Waals surface area contributed by atoms with Gasteiger partial charge in [0, 0.05) is 31.7 Å². The summed E-state index contributed by atoms with van der Waals surface area (Å²) < 4.78 is 0. The number of hydrogen-bond donors (Lipinski definition) is 2. The van der Waals surface area contributed by atoms with Crippen LogP contribution in [0.4, 0.5) is 0 Å². The highest BCUT2D eigenvalue weighted by Crippen LogP contribution is 2.34. The van der Waals surface area contributed by atoms with Crippen LogP contribution in [0.15, 0.2) is 18.2 Å². The van der Waals surface area contributed by atoms with Gasteiger partial charge in [0.25, 0.3) is 0 Å². The van der Waals surface area contributed by atoms with E-state index in [-0.39, 0.29) is 6.61 Å². The van der Waals surface area contributed by atoms with Crippen molar-refractivity contribution in [3.05, 3.63) is 34.9 Å². The van der Waals surface area contributed by atoms with E-state index >= 15 is 0 Å². The number of rotatable bonds is 4. The molecule has 1 saturated heterocycles. The molecule has 0 aliphatic carbocycles. The minimum atomic E-state index is -1.02. The Labute approximate surface area is 115 Å². The normalized spacial score (nSPS) is 20.2. The van der Waals surface area contributed by atoms with Crippen LogP contribution in [0.2, 0.25) is 0 Å². The number of likely N-dealkylation sites (tertiary alicyclic amines) is 1. The zero-order chi connectivity index (χ0) is 13.9. The van der Waals surface area contributed by atoms with Crippen molar-refractivity contribution in [2.75, 3.05) is 19.7 Å². The van der Waals surface area contributed by atoms with Gasteiger partial charge in [0.2, 0.25) is 0 Å². The average molecular weight is 263 g/mol. The van der Waals surface area contributed by atoms with Crippen molar-refractivity contribution in [1.29, 1.82) is 0 Å². The molecule has 1 aliphatic rings. The van der Waals surface area contributed by atoms with Gasteiger partial charge in [-0.05, 0) is 32.3 Å². The monoisotopic (exact) mass is 263 g/mol. The maximum atomic E-state index is 11.1. The molecular weight excluding hydrogens is 238 g/mol. The number of nitrogens with zero attached hydrogens (tertiary/aromatic N) is 1. The lowest BCUT2D eigenvalue weighted by Crippen LogP contribution is -2.49. The van der Waals surface area contributed by atoms with E-state index in [0.29, 0.717) is 6.42 Å². The minimum absolute atomic E-state index is 0.000314. The summed E-state index contributed by atoms with van der Waals surface area (Å²) in [6.07, 6.45) is 3.85. The summed E-state index contributed by atoms with van der Waals surface area (Å²) in [5, 5.41) is 20.5. The predicted octanol–water partition coefficient (Wildman–Crippen LogP) is 2.32. The van der Waals surface area contributed by atoms with E-state index in [1.54, 1.807) is 0 Å². The molecule has 1 unspecified atom stereocenters. The highest BCUT2D eigenvalue weighted by Gasteiger charge is 2.37. The highest BCUT2D eigenvalue weighted by molar-refractivity contribution is 5.34. The molecule has 0 radical (unpaired) electrons. The molecule has 0 amide bonds. The molecule has 106 valence electrons. The Morgan fingerprint density at radius 2 is 1.84 bits per heavy atom. The van der Waals surface area contributed by atoms with Crippen LogP contribution in [0.1, 0.15) is 42.4 Å². The number of aryl methyl sites for hydroxylation is 2. The Morgan fingerprint density at radius 1 is 1.16 bits per heavy atom. The van der Waals surface area contributed by atoms with E-state index in [1.165, 1.54) is 12.0 Å². The lowest BCUT2D eigenvalue weighted by molar-refractivity contribution is -0.136. The second kappa shape index (κ2) is 6.04. The van der Waals surface area contributed by atoms with E-state index in [4.69, 9.17) is 0 Å². The Kier molecular flexibility index (Phi) is 4.61. The van der Waals surface area contributed by atoms with E-state index in [9.17, 15) is 10.2 Å². The smallest absolute Gasteiger partial charge is 0.147 e. The van der Waals surface area contributed by atoms with Crippen LogP contribution in [0, 0.1) is 13.8 Å². The Morgan fingerprint density at radius 3 is 2.42 bits per heavy atom. The van der Waals surface area contributed by atoms with Gasteiger partial charge in [0.15, 0.2) is 0 Å². The van der Waals surface area contributed by atoms with Gasteiger partial charge < -0.3 is 10.2 Å². The molecule has 3 nitrogen and oxygen atoms in total. The minimum Gasteiger partial charge on any atom is -0.396 e. The molecule has 0 saturated carbocycles. The molecule has 1 aromatic rings. The van der Waals surface area contributed by atoms with Crippen LogP contribution >= 0.6 is 0 Å². The third-order valence-electron chi connectivity index (χ3n) is 4.15. The third kappa shape index (κ3) is 2.99. The van der Waals surface area contributed by atoms with Gasteiger partial charge in [-0.1, -0.05) is 30.2 Å². The van der Waals surface area contributed by atoms with Crippen LogP contribution in [0.25, 0.3) is 0 Å².